The smallest absolute Gasteiger partial charge is 0.367 e. The third-order valence-electron chi connectivity index (χ3n) is 2.30. The summed E-state index contributed by atoms with van der Waals surface area (Å²) < 4.78 is 20.3. The minimum atomic E-state index is -4.27. The van der Waals surface area contributed by atoms with Crippen LogP contribution in [0.15, 0.2) is 12.2 Å². The first-order chi connectivity index (χ1) is 8.39. The van der Waals surface area contributed by atoms with E-state index in [1.807, 2.05) is 0 Å². The van der Waals surface area contributed by atoms with E-state index in [2.05, 4.69) is 22.6 Å². The number of phosphoric acid groups is 1. The Labute approximate surface area is 109 Å². The zero-order chi connectivity index (χ0) is 14.0. The summed E-state index contributed by atoms with van der Waals surface area (Å²) in [5.74, 6) is -0.913. The van der Waals surface area contributed by atoms with Gasteiger partial charge < -0.3 is 4.52 Å². The monoisotopic (exact) mass is 278 g/mol. The SMILES string of the molecule is C=C(C)C(=O)OP(=O)(O)OCCCCCCCC. The minimum Gasteiger partial charge on any atom is -0.367 e. The lowest BCUT2D eigenvalue weighted by molar-refractivity contribution is -0.131. The number of hydrogen-bond donors (Lipinski definition) is 1. The highest BCUT2D eigenvalue weighted by molar-refractivity contribution is 7.48. The third-order valence-corrected chi connectivity index (χ3v) is 3.20. The number of rotatable bonds is 10. The predicted molar refractivity (Wildman–Crippen MR) is 70.1 cm³/mol. The quantitative estimate of drug-likeness (QED) is 0.375. The Morgan fingerprint density at radius 3 is 2.33 bits per heavy atom. The molecule has 0 spiro atoms. The number of unbranched alkanes of at least 4 members (excludes halogenated alkanes) is 5. The topological polar surface area (TPSA) is 72.8 Å². The van der Waals surface area contributed by atoms with Crippen LogP contribution >= 0.6 is 7.82 Å². The maximum Gasteiger partial charge on any atom is 0.529 e. The lowest BCUT2D eigenvalue weighted by Gasteiger charge is -2.11. The molecule has 1 unspecified atom stereocenters. The van der Waals surface area contributed by atoms with Gasteiger partial charge in [-0.3, -0.25) is 9.42 Å². The highest BCUT2D eigenvalue weighted by Crippen LogP contribution is 2.43. The van der Waals surface area contributed by atoms with Gasteiger partial charge in [-0.05, 0) is 13.3 Å². The van der Waals surface area contributed by atoms with E-state index in [4.69, 9.17) is 0 Å². The molecule has 0 radical (unpaired) electrons. The molecule has 0 amide bonds. The van der Waals surface area contributed by atoms with Crippen LogP contribution in [-0.2, 0) is 18.4 Å². The summed E-state index contributed by atoms with van der Waals surface area (Å²) in [6, 6.07) is 0. The van der Waals surface area contributed by atoms with E-state index < -0.39 is 13.8 Å². The molecule has 0 aliphatic heterocycles. The Balaban J connectivity index is 3.68. The summed E-state index contributed by atoms with van der Waals surface area (Å²) in [6.07, 6.45) is 6.25. The largest absolute Gasteiger partial charge is 0.529 e. The molecule has 6 heteroatoms. The van der Waals surface area contributed by atoms with Crippen molar-refractivity contribution in [1.82, 2.24) is 0 Å². The standard InChI is InChI=1S/C12H23O5P/c1-4-5-6-7-8-9-10-16-18(14,15)17-12(13)11(2)3/h2,4-10H2,1,3H3,(H,14,15). The molecule has 0 aliphatic rings. The van der Waals surface area contributed by atoms with Crippen LogP contribution in [0.2, 0.25) is 0 Å². The second kappa shape index (κ2) is 9.31. The molecule has 5 nitrogen and oxygen atoms in total. The molecule has 0 aromatic heterocycles. The van der Waals surface area contributed by atoms with Crippen LogP contribution in [0.25, 0.3) is 0 Å². The van der Waals surface area contributed by atoms with Gasteiger partial charge in [-0.2, -0.15) is 0 Å². The van der Waals surface area contributed by atoms with Gasteiger partial charge >= 0.3 is 13.8 Å². The second-order valence-electron chi connectivity index (χ2n) is 4.23. The van der Waals surface area contributed by atoms with Crippen molar-refractivity contribution in [3.63, 3.8) is 0 Å². The summed E-state index contributed by atoms with van der Waals surface area (Å²) in [5, 5.41) is 0. The zero-order valence-electron chi connectivity index (χ0n) is 11.2. The van der Waals surface area contributed by atoms with Crippen LogP contribution in [0, 0.1) is 0 Å². The van der Waals surface area contributed by atoms with E-state index in [1.165, 1.54) is 19.8 Å². The third kappa shape index (κ3) is 9.40. The molecule has 18 heavy (non-hydrogen) atoms. The van der Waals surface area contributed by atoms with Crippen molar-refractivity contribution >= 4 is 13.8 Å². The van der Waals surface area contributed by atoms with Gasteiger partial charge in [0.2, 0.25) is 0 Å². The highest BCUT2D eigenvalue weighted by Gasteiger charge is 2.25. The molecule has 0 rings (SSSR count). The number of hydrogen-bond acceptors (Lipinski definition) is 4. The van der Waals surface area contributed by atoms with Crippen LogP contribution in [0.5, 0.6) is 0 Å². The molecule has 0 aromatic carbocycles. The van der Waals surface area contributed by atoms with E-state index in [0.29, 0.717) is 6.42 Å². The summed E-state index contributed by atoms with van der Waals surface area (Å²) in [5.41, 5.74) is 0.0624. The van der Waals surface area contributed by atoms with E-state index >= 15 is 0 Å². The molecule has 0 fully saturated rings. The summed E-state index contributed by atoms with van der Waals surface area (Å²) in [4.78, 5) is 20.3. The molecule has 0 aromatic rings. The van der Waals surface area contributed by atoms with E-state index in [9.17, 15) is 14.3 Å². The second-order valence-corrected chi connectivity index (χ2v) is 5.61. The fraction of sp³-hybridized carbons (Fsp3) is 0.750. The first kappa shape index (κ1) is 17.4. The van der Waals surface area contributed by atoms with Gasteiger partial charge in [0.1, 0.15) is 0 Å². The molecular formula is C12H23O5P. The van der Waals surface area contributed by atoms with Crippen molar-refractivity contribution in [2.45, 2.75) is 52.4 Å². The van der Waals surface area contributed by atoms with Crippen molar-refractivity contribution in [2.75, 3.05) is 6.61 Å². The first-order valence-electron chi connectivity index (χ1n) is 6.26. The predicted octanol–water partition coefficient (Wildman–Crippen LogP) is 3.58. The normalized spacial score (nSPS) is 13.9. The van der Waals surface area contributed by atoms with Gasteiger partial charge in [-0.15, -0.1) is 0 Å². The summed E-state index contributed by atoms with van der Waals surface area (Å²) >= 11 is 0. The Kier molecular flexibility index (Phi) is 8.98. The Hall–Kier alpha value is -0.640. The first-order valence-corrected chi connectivity index (χ1v) is 7.75. The van der Waals surface area contributed by atoms with Crippen LogP contribution in [-0.4, -0.2) is 17.5 Å². The van der Waals surface area contributed by atoms with Gasteiger partial charge in [0.05, 0.1) is 6.61 Å². The molecular weight excluding hydrogens is 255 g/mol. The zero-order valence-corrected chi connectivity index (χ0v) is 12.1. The summed E-state index contributed by atoms with van der Waals surface area (Å²) in [7, 11) is -4.27. The number of carbonyl (C=O) groups is 1. The Bertz CT molecular complexity index is 314. The lowest BCUT2D eigenvalue weighted by Crippen LogP contribution is -2.05. The van der Waals surface area contributed by atoms with E-state index in [1.54, 1.807) is 0 Å². The molecule has 106 valence electrons. The van der Waals surface area contributed by atoms with Crippen molar-refractivity contribution in [3.05, 3.63) is 12.2 Å². The molecule has 0 saturated heterocycles. The van der Waals surface area contributed by atoms with E-state index in [0.717, 1.165) is 19.3 Å². The fourth-order valence-electron chi connectivity index (χ4n) is 1.27. The van der Waals surface area contributed by atoms with Crippen LogP contribution in [0.1, 0.15) is 52.4 Å². The maximum atomic E-state index is 11.3. The van der Waals surface area contributed by atoms with Crippen LogP contribution < -0.4 is 0 Å². The van der Waals surface area contributed by atoms with Crippen molar-refractivity contribution in [1.29, 1.82) is 0 Å². The number of phosphoric ester groups is 1. The highest BCUT2D eigenvalue weighted by atomic mass is 31.2. The van der Waals surface area contributed by atoms with Gasteiger partial charge in [0, 0.05) is 5.57 Å². The molecule has 0 heterocycles. The lowest BCUT2D eigenvalue weighted by atomic mass is 10.1. The van der Waals surface area contributed by atoms with Crippen molar-refractivity contribution in [2.24, 2.45) is 0 Å². The fourth-order valence-corrected chi connectivity index (χ4v) is 2.05. The Morgan fingerprint density at radius 1 is 1.22 bits per heavy atom. The molecule has 0 bridgehead atoms. The maximum absolute atomic E-state index is 11.3. The average molecular weight is 278 g/mol. The Morgan fingerprint density at radius 2 is 1.78 bits per heavy atom. The van der Waals surface area contributed by atoms with Gasteiger partial charge in [-0.1, -0.05) is 45.6 Å². The van der Waals surface area contributed by atoms with Gasteiger partial charge in [0.15, 0.2) is 0 Å². The van der Waals surface area contributed by atoms with Crippen LogP contribution in [0.4, 0.5) is 0 Å². The molecule has 0 aliphatic carbocycles. The van der Waals surface area contributed by atoms with Crippen molar-refractivity contribution in [3.8, 4) is 0 Å². The average Bonchev–Trinajstić information content (AvgIpc) is 2.27. The summed E-state index contributed by atoms with van der Waals surface area (Å²) in [6.45, 7) is 6.97. The van der Waals surface area contributed by atoms with E-state index in [-0.39, 0.29) is 12.2 Å². The van der Waals surface area contributed by atoms with Crippen molar-refractivity contribution < 1.29 is 23.3 Å². The minimum absolute atomic E-state index is 0.0624. The van der Waals surface area contributed by atoms with Gasteiger partial charge in [-0.25, -0.2) is 9.36 Å². The molecule has 1 N–H and O–H groups in total. The van der Waals surface area contributed by atoms with Gasteiger partial charge in [0.25, 0.3) is 0 Å². The molecule has 0 saturated carbocycles. The van der Waals surface area contributed by atoms with Crippen LogP contribution in [0.3, 0.4) is 0 Å². The molecule has 1 atom stereocenters. The number of carbonyl (C=O) groups excluding carboxylic acids is 1.